The first-order chi connectivity index (χ1) is 6.75. The lowest BCUT2D eigenvalue weighted by Crippen LogP contribution is -2.03. The van der Waals surface area contributed by atoms with Gasteiger partial charge in [-0.15, -0.1) is 0 Å². The van der Waals surface area contributed by atoms with Crippen LogP contribution in [0, 0.1) is 0 Å². The molecule has 1 heterocycles. The van der Waals surface area contributed by atoms with Gasteiger partial charge >= 0.3 is 0 Å². The molecule has 0 saturated heterocycles. The molecule has 0 atom stereocenters. The molecule has 0 saturated carbocycles. The molecule has 1 aromatic rings. The zero-order valence-corrected chi connectivity index (χ0v) is 8.56. The van der Waals surface area contributed by atoms with Gasteiger partial charge in [0.1, 0.15) is 4.90 Å². The van der Waals surface area contributed by atoms with Gasteiger partial charge in [0.25, 0.3) is 15.5 Å². The smallest absolute Gasteiger partial charge is 0.284 e. The zero-order chi connectivity index (χ0) is 11.8. The molecule has 0 aliphatic carbocycles. The second-order valence-electron chi connectivity index (χ2n) is 2.51. The largest absolute Gasteiger partial charge is 0.504 e. The maximum absolute atomic E-state index is 12.2. The molecule has 0 aromatic carbocycles. The van der Waals surface area contributed by atoms with E-state index in [2.05, 4.69) is 4.98 Å². The maximum Gasteiger partial charge on any atom is 0.284 e. The topological polar surface area (TPSA) is 93.3 Å². The summed E-state index contributed by atoms with van der Waals surface area (Å²) in [4.78, 5) is 2.36. The van der Waals surface area contributed by atoms with E-state index >= 15 is 0 Å². The van der Waals surface area contributed by atoms with Crippen molar-refractivity contribution in [3.63, 3.8) is 0 Å². The lowest BCUT2D eigenvalue weighted by atomic mass is 10.3. The molecule has 5 nitrogen and oxygen atoms in total. The van der Waals surface area contributed by atoms with Crippen LogP contribution in [-0.4, -0.2) is 18.5 Å². The summed E-state index contributed by atoms with van der Waals surface area (Å²) < 4.78 is 46.0. The van der Waals surface area contributed by atoms with Crippen LogP contribution >= 0.6 is 10.7 Å². The van der Waals surface area contributed by atoms with Crippen LogP contribution in [0.15, 0.2) is 11.1 Å². The number of anilines is 1. The van der Waals surface area contributed by atoms with Crippen LogP contribution in [0.25, 0.3) is 0 Å². The SMILES string of the molecule is Nc1c(S(=O)(=O)Cl)cnc(C(F)F)c1O. The zero-order valence-electron chi connectivity index (χ0n) is 6.99. The highest BCUT2D eigenvalue weighted by molar-refractivity contribution is 8.13. The Labute approximate surface area is 87.9 Å². The number of alkyl halides is 2. The average Bonchev–Trinajstić information content (AvgIpc) is 2.06. The summed E-state index contributed by atoms with van der Waals surface area (Å²) in [6.07, 6.45) is -2.49. The molecule has 1 rings (SSSR count). The van der Waals surface area contributed by atoms with Gasteiger partial charge in [0.15, 0.2) is 11.4 Å². The molecule has 3 N–H and O–H groups in total. The van der Waals surface area contributed by atoms with Gasteiger partial charge in [0.2, 0.25) is 0 Å². The highest BCUT2D eigenvalue weighted by atomic mass is 35.7. The number of rotatable bonds is 2. The normalized spacial score (nSPS) is 12.0. The molecule has 0 fully saturated rings. The van der Waals surface area contributed by atoms with E-state index in [-0.39, 0.29) is 0 Å². The minimum atomic E-state index is -4.22. The Hall–Kier alpha value is -1.15. The van der Waals surface area contributed by atoms with Crippen molar-refractivity contribution in [3.8, 4) is 5.75 Å². The van der Waals surface area contributed by atoms with Crippen molar-refractivity contribution in [2.45, 2.75) is 11.3 Å². The van der Waals surface area contributed by atoms with E-state index in [4.69, 9.17) is 21.5 Å². The number of nitrogens with zero attached hydrogens (tertiary/aromatic N) is 1. The fraction of sp³-hybridized carbons (Fsp3) is 0.167. The lowest BCUT2D eigenvalue weighted by molar-refractivity contribution is 0.142. The summed E-state index contributed by atoms with van der Waals surface area (Å²) in [6, 6.07) is 0. The van der Waals surface area contributed by atoms with Crippen molar-refractivity contribution >= 4 is 25.4 Å². The van der Waals surface area contributed by atoms with Gasteiger partial charge < -0.3 is 10.8 Å². The molecule has 1 aromatic heterocycles. The Balaban J connectivity index is 3.48. The van der Waals surface area contributed by atoms with E-state index in [1.54, 1.807) is 0 Å². The van der Waals surface area contributed by atoms with E-state index < -0.39 is 37.5 Å². The predicted molar refractivity (Wildman–Crippen MR) is 48.3 cm³/mol. The Morgan fingerprint density at radius 2 is 2.07 bits per heavy atom. The fourth-order valence-electron chi connectivity index (χ4n) is 0.868. The molecule has 0 spiro atoms. The molecule has 15 heavy (non-hydrogen) atoms. The first kappa shape index (κ1) is 11.9. The summed E-state index contributed by atoms with van der Waals surface area (Å²) in [6.45, 7) is 0. The Kier molecular flexibility index (Phi) is 3.00. The van der Waals surface area contributed by atoms with Crippen LogP contribution in [0.1, 0.15) is 12.1 Å². The van der Waals surface area contributed by atoms with E-state index in [1.807, 2.05) is 0 Å². The molecule has 0 aliphatic rings. The van der Waals surface area contributed by atoms with Gasteiger partial charge in [-0.3, -0.25) is 0 Å². The van der Waals surface area contributed by atoms with E-state index in [0.717, 1.165) is 0 Å². The van der Waals surface area contributed by atoms with Crippen LogP contribution in [-0.2, 0) is 9.05 Å². The average molecular weight is 259 g/mol. The van der Waals surface area contributed by atoms with Crippen molar-refractivity contribution in [1.82, 2.24) is 4.98 Å². The second kappa shape index (κ2) is 3.78. The maximum atomic E-state index is 12.2. The van der Waals surface area contributed by atoms with Gasteiger partial charge in [-0.05, 0) is 0 Å². The van der Waals surface area contributed by atoms with Crippen LogP contribution in [0.5, 0.6) is 5.75 Å². The number of hydrogen-bond acceptors (Lipinski definition) is 5. The summed E-state index contributed by atoms with van der Waals surface area (Å²) in [5.74, 6) is -1.08. The predicted octanol–water partition coefficient (Wildman–Crippen LogP) is 1.23. The summed E-state index contributed by atoms with van der Waals surface area (Å²) in [7, 11) is 0.703. The molecule has 84 valence electrons. The Morgan fingerprint density at radius 1 is 1.53 bits per heavy atom. The third-order valence-corrected chi connectivity index (χ3v) is 2.90. The number of hydrogen-bond donors (Lipinski definition) is 2. The van der Waals surface area contributed by atoms with Crippen LogP contribution in [0.3, 0.4) is 0 Å². The van der Waals surface area contributed by atoms with Crippen molar-refractivity contribution in [2.24, 2.45) is 0 Å². The van der Waals surface area contributed by atoms with Crippen LogP contribution < -0.4 is 5.73 Å². The van der Waals surface area contributed by atoms with Gasteiger partial charge in [0, 0.05) is 16.9 Å². The first-order valence-electron chi connectivity index (χ1n) is 3.45. The third-order valence-electron chi connectivity index (χ3n) is 1.55. The lowest BCUT2D eigenvalue weighted by Gasteiger charge is -2.07. The first-order valence-corrected chi connectivity index (χ1v) is 5.76. The van der Waals surface area contributed by atoms with Crippen LogP contribution in [0.4, 0.5) is 14.5 Å². The Morgan fingerprint density at radius 3 is 2.47 bits per heavy atom. The van der Waals surface area contributed by atoms with E-state index in [1.165, 1.54) is 0 Å². The van der Waals surface area contributed by atoms with Gasteiger partial charge in [-0.2, -0.15) is 0 Å². The quantitative estimate of drug-likeness (QED) is 0.779. The van der Waals surface area contributed by atoms with Crippen molar-refractivity contribution < 1.29 is 22.3 Å². The molecule has 0 unspecified atom stereocenters. The number of nitrogens with two attached hydrogens (primary N) is 1. The van der Waals surface area contributed by atoms with Gasteiger partial charge in [-0.25, -0.2) is 22.2 Å². The number of nitrogen functional groups attached to an aromatic ring is 1. The van der Waals surface area contributed by atoms with E-state index in [0.29, 0.717) is 6.20 Å². The number of aromatic nitrogens is 1. The van der Waals surface area contributed by atoms with Crippen molar-refractivity contribution in [3.05, 3.63) is 11.9 Å². The fourth-order valence-corrected chi connectivity index (χ4v) is 1.77. The molecule has 0 radical (unpaired) electrons. The molecular formula is C6H5ClF2N2O3S. The highest BCUT2D eigenvalue weighted by Gasteiger charge is 2.23. The summed E-state index contributed by atoms with van der Waals surface area (Å²) in [5.41, 5.74) is 3.39. The van der Waals surface area contributed by atoms with E-state index in [9.17, 15) is 17.2 Å². The highest BCUT2D eigenvalue weighted by Crippen LogP contribution is 2.35. The molecule has 0 aliphatic heterocycles. The minimum Gasteiger partial charge on any atom is -0.504 e. The number of pyridine rings is 1. The van der Waals surface area contributed by atoms with Gasteiger partial charge in [-0.1, -0.05) is 0 Å². The minimum absolute atomic E-state index is 0.568. The second-order valence-corrected chi connectivity index (χ2v) is 5.04. The van der Waals surface area contributed by atoms with Crippen molar-refractivity contribution in [1.29, 1.82) is 0 Å². The Bertz CT molecular complexity index is 491. The third kappa shape index (κ3) is 2.26. The monoisotopic (exact) mass is 258 g/mol. The standard InChI is InChI=1S/C6H5ClF2N2O3S/c7-15(13,14)2-1-11-4(6(8)9)5(12)3(2)10/h1,6,12H,(H2,10,11). The van der Waals surface area contributed by atoms with Gasteiger partial charge in [0.05, 0.1) is 5.69 Å². The number of halogens is 3. The number of aromatic hydroxyl groups is 1. The molecule has 0 amide bonds. The summed E-state index contributed by atoms with van der Waals surface area (Å²) in [5, 5.41) is 9.12. The molecule has 9 heteroatoms. The summed E-state index contributed by atoms with van der Waals surface area (Å²) >= 11 is 0. The van der Waals surface area contributed by atoms with Crippen LogP contribution in [0.2, 0.25) is 0 Å². The van der Waals surface area contributed by atoms with Crippen molar-refractivity contribution in [2.75, 3.05) is 5.73 Å². The molecular weight excluding hydrogens is 254 g/mol. The molecule has 0 bridgehead atoms.